The second-order valence-corrected chi connectivity index (χ2v) is 9.35. The molecule has 7 heteroatoms. The number of rotatable bonds is 6. The zero-order valence-corrected chi connectivity index (χ0v) is 15.7. The number of guanidine groups is 1. The zero-order valence-electron chi connectivity index (χ0n) is 14.9. The number of hydrogen-bond donors (Lipinski definition) is 2. The van der Waals surface area contributed by atoms with E-state index in [2.05, 4.69) is 15.2 Å². The van der Waals surface area contributed by atoms with E-state index in [4.69, 9.17) is 5.73 Å². The van der Waals surface area contributed by atoms with Crippen LogP contribution in [0.5, 0.6) is 0 Å². The Kier molecular flexibility index (Phi) is 8.02. The van der Waals surface area contributed by atoms with Crippen LogP contribution >= 0.6 is 0 Å². The maximum atomic E-state index is 12.1. The number of hydrogen-bond acceptors (Lipinski definition) is 3. The van der Waals surface area contributed by atoms with Crippen LogP contribution in [0.4, 0.5) is 0 Å². The molecule has 0 aromatic heterocycles. The molecule has 1 aliphatic rings. The van der Waals surface area contributed by atoms with Crippen LogP contribution in [-0.4, -0.2) is 57.7 Å². The van der Waals surface area contributed by atoms with Crippen LogP contribution in [0.3, 0.4) is 0 Å². The summed E-state index contributed by atoms with van der Waals surface area (Å²) >= 11 is 0. The maximum absolute atomic E-state index is 12.1. The van der Waals surface area contributed by atoms with Gasteiger partial charge in [0.25, 0.3) is 0 Å². The number of carbonyl (C=O) groups excluding carboxylic acids is 1. The van der Waals surface area contributed by atoms with Crippen molar-refractivity contribution in [2.75, 3.05) is 31.9 Å². The molecule has 1 aliphatic heterocycles. The van der Waals surface area contributed by atoms with Crippen molar-refractivity contribution in [2.24, 2.45) is 16.6 Å². The normalized spacial score (nSPS) is 21.1. The number of nitrogens with one attached hydrogen (secondary N) is 1. The molecule has 0 aromatic carbocycles. The lowest BCUT2D eigenvalue weighted by Crippen LogP contribution is -2.47. The van der Waals surface area contributed by atoms with Gasteiger partial charge < -0.3 is 16.0 Å². The Labute approximate surface area is 142 Å². The highest BCUT2D eigenvalue weighted by Gasteiger charge is 2.24. The van der Waals surface area contributed by atoms with E-state index < -0.39 is 10.8 Å². The van der Waals surface area contributed by atoms with Crippen molar-refractivity contribution in [3.8, 4) is 0 Å². The third-order valence-electron chi connectivity index (χ3n) is 3.86. The molecule has 0 aliphatic carbocycles. The van der Waals surface area contributed by atoms with Gasteiger partial charge in [-0.3, -0.25) is 14.0 Å². The molecule has 134 valence electrons. The lowest BCUT2D eigenvalue weighted by atomic mass is 9.95. The van der Waals surface area contributed by atoms with Gasteiger partial charge in [0.05, 0.1) is 6.54 Å². The van der Waals surface area contributed by atoms with E-state index in [9.17, 15) is 9.00 Å². The fraction of sp³-hybridized carbons (Fsp3) is 0.875. The topological polar surface area (TPSA) is 87.8 Å². The Bertz CT molecular complexity index is 446. The minimum absolute atomic E-state index is 0.203. The predicted molar refractivity (Wildman–Crippen MR) is 96.8 cm³/mol. The molecular formula is C16H32N4O2S. The fourth-order valence-electron chi connectivity index (χ4n) is 2.68. The molecular weight excluding hydrogens is 312 g/mol. The Balaban J connectivity index is 2.63. The first-order valence-corrected chi connectivity index (χ1v) is 9.76. The summed E-state index contributed by atoms with van der Waals surface area (Å²) in [4.78, 5) is 18.0. The van der Waals surface area contributed by atoms with E-state index in [1.807, 2.05) is 27.7 Å². The van der Waals surface area contributed by atoms with Gasteiger partial charge in [-0.1, -0.05) is 0 Å². The first kappa shape index (κ1) is 19.9. The highest BCUT2D eigenvalue weighted by Crippen LogP contribution is 2.19. The molecule has 23 heavy (non-hydrogen) atoms. The number of nitrogens with zero attached hydrogens (tertiary/aromatic N) is 2. The quantitative estimate of drug-likeness (QED) is 0.558. The van der Waals surface area contributed by atoms with Crippen molar-refractivity contribution in [3.05, 3.63) is 0 Å². The number of nitrogens with two attached hydrogens (primary N) is 1. The van der Waals surface area contributed by atoms with E-state index >= 15 is 0 Å². The van der Waals surface area contributed by atoms with Crippen molar-refractivity contribution in [2.45, 2.75) is 51.7 Å². The number of likely N-dealkylation sites (tertiary alicyclic amines) is 1. The van der Waals surface area contributed by atoms with Gasteiger partial charge in [-0.05, 0) is 46.5 Å². The average Bonchev–Trinajstić information content (AvgIpc) is 2.44. The lowest BCUT2D eigenvalue weighted by molar-refractivity contribution is -0.119. The van der Waals surface area contributed by atoms with Crippen molar-refractivity contribution >= 4 is 22.7 Å². The van der Waals surface area contributed by atoms with Crippen molar-refractivity contribution in [3.63, 3.8) is 0 Å². The maximum Gasteiger partial charge on any atom is 0.217 e. The molecule has 0 radical (unpaired) electrons. The van der Waals surface area contributed by atoms with Gasteiger partial charge in [-0.2, -0.15) is 0 Å². The summed E-state index contributed by atoms with van der Waals surface area (Å²) in [6.45, 7) is 11.1. The Morgan fingerprint density at radius 1 is 1.43 bits per heavy atom. The van der Waals surface area contributed by atoms with Crippen molar-refractivity contribution in [1.29, 1.82) is 0 Å². The summed E-state index contributed by atoms with van der Waals surface area (Å²) in [5, 5.41) is 3.30. The van der Waals surface area contributed by atoms with Gasteiger partial charge in [0.1, 0.15) is 0 Å². The standard InChI is InChI=1S/C16H32N4O2S/c1-5-18-15(19-8-10-23(22)16(2,3)4)20-9-6-7-13(12-20)11-14(17)21/h13H,5-12H2,1-4H3,(H2,17,21)(H,18,19). The van der Waals surface area contributed by atoms with E-state index in [0.29, 0.717) is 24.6 Å². The van der Waals surface area contributed by atoms with Crippen molar-refractivity contribution in [1.82, 2.24) is 10.2 Å². The monoisotopic (exact) mass is 344 g/mol. The van der Waals surface area contributed by atoms with Gasteiger partial charge >= 0.3 is 0 Å². The number of piperidine rings is 1. The largest absolute Gasteiger partial charge is 0.370 e. The third kappa shape index (κ3) is 7.33. The van der Waals surface area contributed by atoms with Crippen LogP contribution in [0.1, 0.15) is 47.0 Å². The summed E-state index contributed by atoms with van der Waals surface area (Å²) in [6.07, 6.45) is 2.51. The van der Waals surface area contributed by atoms with Crippen LogP contribution in [0.15, 0.2) is 4.99 Å². The fourth-order valence-corrected chi connectivity index (χ4v) is 3.54. The minimum Gasteiger partial charge on any atom is -0.370 e. The van der Waals surface area contributed by atoms with Gasteiger partial charge in [0.2, 0.25) is 5.91 Å². The van der Waals surface area contributed by atoms with Crippen LogP contribution in [0, 0.1) is 5.92 Å². The second-order valence-electron chi connectivity index (χ2n) is 7.02. The highest BCUT2D eigenvalue weighted by molar-refractivity contribution is 7.86. The van der Waals surface area contributed by atoms with E-state index in [1.54, 1.807) is 0 Å². The van der Waals surface area contributed by atoms with E-state index in [-0.39, 0.29) is 10.7 Å². The molecule has 1 saturated heterocycles. The molecule has 1 fully saturated rings. The SMILES string of the molecule is CCNC(=NCCS(=O)C(C)(C)C)N1CCCC(CC(N)=O)C1. The summed E-state index contributed by atoms with van der Waals surface area (Å²) in [5.41, 5.74) is 5.32. The van der Waals surface area contributed by atoms with E-state index in [1.165, 1.54) is 0 Å². The summed E-state index contributed by atoms with van der Waals surface area (Å²) in [7, 11) is -0.892. The molecule has 3 N–H and O–H groups in total. The molecule has 2 atom stereocenters. The molecule has 6 nitrogen and oxygen atoms in total. The molecule has 0 aromatic rings. The molecule has 0 bridgehead atoms. The number of primary amides is 1. The van der Waals surface area contributed by atoms with Gasteiger partial charge in [0, 0.05) is 47.4 Å². The van der Waals surface area contributed by atoms with E-state index in [0.717, 1.165) is 38.4 Å². The second kappa shape index (κ2) is 9.25. The summed E-state index contributed by atoms with van der Waals surface area (Å²) in [6, 6.07) is 0. The summed E-state index contributed by atoms with van der Waals surface area (Å²) in [5.74, 6) is 1.48. The number of carbonyl (C=O) groups is 1. The van der Waals surface area contributed by atoms with Crippen LogP contribution in [0.25, 0.3) is 0 Å². The number of aliphatic imine (C=N–C) groups is 1. The van der Waals surface area contributed by atoms with Gasteiger partial charge in [-0.15, -0.1) is 0 Å². The summed E-state index contributed by atoms with van der Waals surface area (Å²) < 4.78 is 11.9. The molecule has 0 saturated carbocycles. The molecule has 2 unspecified atom stereocenters. The number of amides is 1. The average molecular weight is 345 g/mol. The first-order valence-electron chi connectivity index (χ1n) is 8.44. The molecule has 0 spiro atoms. The smallest absolute Gasteiger partial charge is 0.217 e. The van der Waals surface area contributed by atoms with Crippen LogP contribution < -0.4 is 11.1 Å². The Hall–Kier alpha value is -1.11. The van der Waals surface area contributed by atoms with Crippen molar-refractivity contribution < 1.29 is 9.00 Å². The first-order chi connectivity index (χ1) is 10.7. The van der Waals surface area contributed by atoms with Crippen LogP contribution in [0.2, 0.25) is 0 Å². The Morgan fingerprint density at radius 2 is 2.13 bits per heavy atom. The van der Waals surface area contributed by atoms with Gasteiger partial charge in [0.15, 0.2) is 5.96 Å². The van der Waals surface area contributed by atoms with Crippen LogP contribution in [-0.2, 0) is 15.6 Å². The zero-order chi connectivity index (χ0) is 17.5. The lowest BCUT2D eigenvalue weighted by Gasteiger charge is -2.34. The van der Waals surface area contributed by atoms with Gasteiger partial charge in [-0.25, -0.2) is 0 Å². The molecule has 1 amide bonds. The molecule has 1 heterocycles. The predicted octanol–water partition coefficient (Wildman–Crippen LogP) is 1.09. The highest BCUT2D eigenvalue weighted by atomic mass is 32.2. The Morgan fingerprint density at radius 3 is 2.70 bits per heavy atom. The molecule has 1 rings (SSSR count). The third-order valence-corrected chi connectivity index (χ3v) is 5.78. The minimum atomic E-state index is -0.892.